The topological polar surface area (TPSA) is 40.1 Å². The molecule has 3 heteroatoms. The predicted molar refractivity (Wildman–Crippen MR) is 120 cm³/mol. The van der Waals surface area contributed by atoms with E-state index in [1.165, 1.54) is 38.7 Å². The minimum absolute atomic E-state index is 0.0390. The van der Waals surface area contributed by atoms with E-state index in [1.807, 2.05) is 0 Å². The average molecular weight is 407 g/mol. The van der Waals surface area contributed by atoms with E-state index in [1.54, 1.807) is 0 Å². The maximum Gasteiger partial charge on any atom is 0.166 e. The third kappa shape index (κ3) is 7.43. The molecule has 152 valence electrons. The quantitative estimate of drug-likeness (QED) is 0.490. The number of carbonyl (C=O) groups excluding carboxylic acids is 1. The number of benzene rings is 3. The highest BCUT2D eigenvalue weighted by molar-refractivity contribution is 7.97. The second-order valence-electron chi connectivity index (χ2n) is 6.90. The molecule has 0 heterocycles. The van der Waals surface area contributed by atoms with Crippen LogP contribution in [0.25, 0.3) is 0 Å². The van der Waals surface area contributed by atoms with Gasteiger partial charge in [0.1, 0.15) is 0 Å². The molecule has 3 aromatic carbocycles. The van der Waals surface area contributed by atoms with Crippen LogP contribution >= 0.6 is 0 Å². The molecule has 0 bridgehead atoms. The van der Waals surface area contributed by atoms with Crippen molar-refractivity contribution in [1.82, 2.24) is 0 Å². The first kappa shape index (κ1) is 22.8. The van der Waals surface area contributed by atoms with Crippen molar-refractivity contribution in [2.75, 3.05) is 0 Å². The van der Waals surface area contributed by atoms with Crippen molar-refractivity contribution >= 4 is 16.9 Å². The molecule has 0 atom stereocenters. The van der Waals surface area contributed by atoms with Gasteiger partial charge >= 0.3 is 0 Å². The zero-order chi connectivity index (χ0) is 21.1. The summed E-state index contributed by atoms with van der Waals surface area (Å²) >= 11 is 0. The maximum absolute atomic E-state index is 8.89. The Bertz CT molecular complexity index is 802. The Balaban J connectivity index is 0.000000687. The van der Waals surface area contributed by atoms with Gasteiger partial charge in [-0.3, -0.25) is 0 Å². The van der Waals surface area contributed by atoms with Gasteiger partial charge in [-0.2, -0.15) is 0 Å². The fourth-order valence-corrected chi connectivity index (χ4v) is 5.19. The Morgan fingerprint density at radius 2 is 1.03 bits per heavy atom. The van der Waals surface area contributed by atoms with Gasteiger partial charge < -0.3 is 9.90 Å². The molecule has 0 fully saturated rings. The Morgan fingerprint density at radius 3 is 1.38 bits per heavy atom. The van der Waals surface area contributed by atoms with Crippen LogP contribution in [0.1, 0.15) is 44.7 Å². The summed E-state index contributed by atoms with van der Waals surface area (Å²) in [5.41, 5.74) is 2.86. The normalized spacial score (nSPS) is 10.3. The van der Waals surface area contributed by atoms with Crippen molar-refractivity contribution in [2.24, 2.45) is 0 Å². The van der Waals surface area contributed by atoms with Crippen LogP contribution in [0.3, 0.4) is 0 Å². The zero-order valence-electron chi connectivity index (χ0n) is 17.6. The van der Waals surface area contributed by atoms with Crippen molar-refractivity contribution in [3.63, 3.8) is 0 Å². The van der Waals surface area contributed by atoms with E-state index in [9.17, 15) is 0 Å². The summed E-state index contributed by atoms with van der Waals surface area (Å²) < 4.78 is 0. The summed E-state index contributed by atoms with van der Waals surface area (Å²) in [6, 6.07) is 29.4. The molecule has 0 N–H and O–H groups in total. The minimum Gasteiger partial charge on any atom is -0.550 e. The Hall–Kier alpha value is -2.52. The molecule has 0 amide bonds. The first-order valence-corrected chi connectivity index (χ1v) is 11.4. The molecule has 3 aromatic rings. The fourth-order valence-electron chi connectivity index (χ4n) is 3.13. The number of carbonyl (C=O) groups is 1. The molecular formula is C26H30O2S. The largest absolute Gasteiger partial charge is 0.550 e. The lowest BCUT2D eigenvalue weighted by molar-refractivity contribution is -0.302. The predicted octanol–water partition coefficient (Wildman–Crippen LogP) is 5.44. The van der Waals surface area contributed by atoms with E-state index in [-0.39, 0.29) is 10.9 Å². The van der Waals surface area contributed by atoms with E-state index in [2.05, 4.69) is 92.7 Å². The number of rotatable bonds is 7. The summed E-state index contributed by atoms with van der Waals surface area (Å²) in [5.74, 6) is -1.08. The van der Waals surface area contributed by atoms with E-state index >= 15 is 0 Å². The highest BCUT2D eigenvalue weighted by atomic mass is 32.2. The van der Waals surface area contributed by atoms with Crippen molar-refractivity contribution in [1.29, 1.82) is 0 Å². The number of carboxylic acids is 1. The van der Waals surface area contributed by atoms with Gasteiger partial charge in [0.05, 0.1) is 10.9 Å². The van der Waals surface area contributed by atoms with Gasteiger partial charge in [-0.1, -0.05) is 69.2 Å². The molecular weight excluding hydrogens is 376 g/mol. The number of aryl methyl sites for hydroxylation is 2. The van der Waals surface area contributed by atoms with Crippen LogP contribution in [-0.4, -0.2) is 5.97 Å². The van der Waals surface area contributed by atoms with Gasteiger partial charge in [0, 0.05) is 5.97 Å². The average Bonchev–Trinajstić information content (AvgIpc) is 2.72. The highest BCUT2D eigenvalue weighted by Crippen LogP contribution is 2.31. The third-order valence-electron chi connectivity index (χ3n) is 4.37. The molecule has 3 rings (SSSR count). The number of carboxylic acid groups (broad SMARTS) is 1. The maximum atomic E-state index is 8.89. The van der Waals surface area contributed by atoms with Crippen LogP contribution in [0, 0.1) is 0 Å². The fraction of sp³-hybridized carbons (Fsp3) is 0.269. The van der Waals surface area contributed by atoms with Crippen LogP contribution in [-0.2, 0) is 28.5 Å². The summed E-state index contributed by atoms with van der Waals surface area (Å²) in [6.45, 7) is 5.45. The van der Waals surface area contributed by atoms with Gasteiger partial charge in [-0.05, 0) is 67.3 Å². The highest BCUT2D eigenvalue weighted by Gasteiger charge is 2.28. The van der Waals surface area contributed by atoms with E-state index in [4.69, 9.17) is 9.90 Å². The first-order chi connectivity index (χ1) is 14.0. The second-order valence-corrected chi connectivity index (χ2v) is 8.93. The molecule has 0 aliphatic carbocycles. The number of hydrogen-bond donors (Lipinski definition) is 0. The molecule has 0 saturated heterocycles. The van der Waals surface area contributed by atoms with E-state index < -0.39 is 5.97 Å². The summed E-state index contributed by atoms with van der Waals surface area (Å²) in [7, 11) is -0.0390. The lowest BCUT2D eigenvalue weighted by Crippen LogP contribution is -2.16. The first-order valence-electron chi connectivity index (χ1n) is 10.2. The molecule has 2 nitrogen and oxygen atoms in total. The standard InChI is InChI=1S/C24H27S.C2H4O2/c1-3-8-20-12-16-23(17-13-20)25(22-10-6-5-7-11-22)24-18-14-21(9-4-2)15-19-24;1-2(3)4/h5-7,10-19H,3-4,8-9H2,1-2H3;1H3,(H,3,4)/q+1;/p-1. The van der Waals surface area contributed by atoms with Crippen LogP contribution < -0.4 is 5.11 Å². The summed E-state index contributed by atoms with van der Waals surface area (Å²) in [5, 5.41) is 8.89. The van der Waals surface area contributed by atoms with Gasteiger partial charge in [-0.15, -0.1) is 0 Å². The molecule has 29 heavy (non-hydrogen) atoms. The Labute approximate surface area is 178 Å². The molecule has 0 aliphatic heterocycles. The second kappa shape index (κ2) is 12.1. The summed E-state index contributed by atoms with van der Waals surface area (Å²) in [6.07, 6.45) is 4.71. The van der Waals surface area contributed by atoms with Crippen LogP contribution in [0.15, 0.2) is 93.5 Å². The number of aliphatic carboxylic acids is 1. The third-order valence-corrected chi connectivity index (χ3v) is 6.61. The number of hydrogen-bond acceptors (Lipinski definition) is 2. The van der Waals surface area contributed by atoms with Crippen LogP contribution in [0.4, 0.5) is 0 Å². The smallest absolute Gasteiger partial charge is 0.166 e. The van der Waals surface area contributed by atoms with Crippen molar-refractivity contribution < 1.29 is 9.90 Å². The van der Waals surface area contributed by atoms with Crippen molar-refractivity contribution in [3.05, 3.63) is 90.0 Å². The van der Waals surface area contributed by atoms with Gasteiger partial charge in [0.15, 0.2) is 14.7 Å². The van der Waals surface area contributed by atoms with Gasteiger partial charge in [0.25, 0.3) is 0 Å². The van der Waals surface area contributed by atoms with E-state index in [0.29, 0.717) is 0 Å². The van der Waals surface area contributed by atoms with Gasteiger partial charge in [-0.25, -0.2) is 0 Å². The minimum atomic E-state index is -1.08. The zero-order valence-corrected chi connectivity index (χ0v) is 18.4. The lowest BCUT2D eigenvalue weighted by atomic mass is 10.1. The SMILES string of the molecule is CC(=O)[O-].CCCc1ccc([S+](c2ccccc2)c2ccc(CCC)cc2)cc1. The molecule has 0 saturated carbocycles. The van der Waals surface area contributed by atoms with Crippen molar-refractivity contribution in [3.8, 4) is 0 Å². The van der Waals surface area contributed by atoms with Gasteiger partial charge in [0.2, 0.25) is 0 Å². The molecule has 0 spiro atoms. The van der Waals surface area contributed by atoms with Crippen LogP contribution in [0.2, 0.25) is 0 Å². The van der Waals surface area contributed by atoms with Crippen molar-refractivity contribution in [2.45, 2.75) is 61.1 Å². The monoisotopic (exact) mass is 406 g/mol. The summed E-state index contributed by atoms with van der Waals surface area (Å²) in [4.78, 5) is 13.1. The molecule has 0 aromatic heterocycles. The van der Waals surface area contributed by atoms with Crippen LogP contribution in [0.5, 0.6) is 0 Å². The molecule has 0 aliphatic rings. The lowest BCUT2D eigenvalue weighted by Gasteiger charge is -2.09. The molecule has 0 unspecified atom stereocenters. The molecule has 0 radical (unpaired) electrons. The Kier molecular flexibility index (Phi) is 9.52. The Morgan fingerprint density at radius 1 is 0.690 bits per heavy atom. The van der Waals surface area contributed by atoms with E-state index in [0.717, 1.165) is 19.8 Å².